The Hall–Kier alpha value is -2.89. The number of benzene rings is 2. The minimum atomic E-state index is -0.230. The molecule has 0 fully saturated rings. The van der Waals surface area contributed by atoms with Gasteiger partial charge in [-0.05, 0) is 38.1 Å². The zero-order valence-corrected chi connectivity index (χ0v) is 16.1. The fraction of sp³-hybridized carbons (Fsp3) is 0.381. The van der Waals surface area contributed by atoms with Gasteiger partial charge in [-0.15, -0.1) is 0 Å². The van der Waals surface area contributed by atoms with E-state index >= 15 is 0 Å². The molecule has 1 N–H and O–H groups in total. The van der Waals surface area contributed by atoms with E-state index in [2.05, 4.69) is 5.32 Å². The van der Waals surface area contributed by atoms with Gasteiger partial charge in [-0.2, -0.15) is 0 Å². The molecule has 1 atom stereocenters. The van der Waals surface area contributed by atoms with Gasteiger partial charge in [0.15, 0.2) is 0 Å². The van der Waals surface area contributed by atoms with Crippen LogP contribution in [0.2, 0.25) is 0 Å². The van der Waals surface area contributed by atoms with Crippen LogP contribution in [0.1, 0.15) is 35.3 Å². The normalized spacial score (nSPS) is 14.9. The second-order valence-corrected chi connectivity index (χ2v) is 6.38. The highest BCUT2D eigenvalue weighted by Gasteiger charge is 2.22. The molecule has 0 aliphatic carbocycles. The van der Waals surface area contributed by atoms with E-state index in [0.717, 1.165) is 29.0 Å². The van der Waals surface area contributed by atoms with Gasteiger partial charge in [0.05, 0.1) is 26.4 Å². The lowest BCUT2D eigenvalue weighted by Crippen LogP contribution is -2.23. The van der Waals surface area contributed by atoms with Gasteiger partial charge >= 0.3 is 0 Å². The van der Waals surface area contributed by atoms with Crippen molar-refractivity contribution in [2.24, 2.45) is 0 Å². The maximum absolute atomic E-state index is 12.6. The summed E-state index contributed by atoms with van der Waals surface area (Å²) in [5, 5.41) is 2.93. The highest BCUT2D eigenvalue weighted by atomic mass is 16.5. The van der Waals surface area contributed by atoms with Crippen LogP contribution in [0, 0.1) is 0 Å². The summed E-state index contributed by atoms with van der Waals surface area (Å²) < 4.78 is 22.1. The quantitative estimate of drug-likeness (QED) is 0.808. The first kappa shape index (κ1) is 18.9. The summed E-state index contributed by atoms with van der Waals surface area (Å²) in [5.41, 5.74) is 2.46. The monoisotopic (exact) mass is 371 g/mol. The van der Waals surface area contributed by atoms with Crippen molar-refractivity contribution >= 4 is 5.91 Å². The molecule has 1 aliphatic heterocycles. The molecule has 1 amide bonds. The van der Waals surface area contributed by atoms with Crippen LogP contribution in [-0.2, 0) is 13.0 Å². The maximum Gasteiger partial charge on any atom is 0.255 e. The Bertz CT molecular complexity index is 834. The van der Waals surface area contributed by atoms with Crippen LogP contribution in [0.15, 0.2) is 30.3 Å². The zero-order chi connectivity index (χ0) is 19.4. The first-order valence-corrected chi connectivity index (χ1v) is 9.01. The summed E-state index contributed by atoms with van der Waals surface area (Å²) >= 11 is 0. The van der Waals surface area contributed by atoms with E-state index in [1.165, 1.54) is 7.11 Å². The average molecular weight is 371 g/mol. The number of carbonyl (C=O) groups excluding carboxylic acids is 1. The molecule has 0 spiro atoms. The Morgan fingerprint density at radius 2 is 2.00 bits per heavy atom. The summed E-state index contributed by atoms with van der Waals surface area (Å²) in [7, 11) is 3.10. The zero-order valence-electron chi connectivity index (χ0n) is 16.1. The lowest BCUT2D eigenvalue weighted by Gasteiger charge is -2.14. The molecular weight excluding hydrogens is 346 g/mol. The van der Waals surface area contributed by atoms with E-state index in [9.17, 15) is 4.79 Å². The number of amides is 1. The summed E-state index contributed by atoms with van der Waals surface area (Å²) in [6.45, 7) is 4.87. The molecule has 0 unspecified atom stereocenters. The number of rotatable bonds is 7. The van der Waals surface area contributed by atoms with Crippen molar-refractivity contribution in [2.45, 2.75) is 32.9 Å². The lowest BCUT2D eigenvalue weighted by atomic mass is 10.1. The summed E-state index contributed by atoms with van der Waals surface area (Å²) in [5.74, 6) is 2.50. The molecule has 1 heterocycles. The van der Waals surface area contributed by atoms with Gasteiger partial charge in [-0.3, -0.25) is 4.79 Å². The van der Waals surface area contributed by atoms with Gasteiger partial charge in [0.1, 0.15) is 29.1 Å². The topological polar surface area (TPSA) is 66.0 Å². The van der Waals surface area contributed by atoms with Gasteiger partial charge < -0.3 is 24.3 Å². The smallest absolute Gasteiger partial charge is 0.255 e. The molecule has 1 aliphatic rings. The Morgan fingerprint density at radius 1 is 1.19 bits per heavy atom. The molecule has 0 bridgehead atoms. The van der Waals surface area contributed by atoms with Crippen LogP contribution >= 0.6 is 0 Å². The molecule has 0 saturated carbocycles. The van der Waals surface area contributed by atoms with Crippen molar-refractivity contribution in [3.05, 3.63) is 47.0 Å². The Kier molecular flexibility index (Phi) is 5.74. The second kappa shape index (κ2) is 8.20. The number of nitrogens with one attached hydrogen (secondary N) is 1. The van der Waals surface area contributed by atoms with Crippen LogP contribution in [0.3, 0.4) is 0 Å². The number of hydrogen-bond donors (Lipinski definition) is 1. The third kappa shape index (κ3) is 4.10. The number of hydrogen-bond acceptors (Lipinski definition) is 5. The number of fused-ring (bicyclic) bond motifs is 1. The average Bonchev–Trinajstić information content (AvgIpc) is 3.04. The van der Waals surface area contributed by atoms with Crippen LogP contribution < -0.4 is 24.3 Å². The van der Waals surface area contributed by atoms with E-state index < -0.39 is 0 Å². The van der Waals surface area contributed by atoms with Crippen LogP contribution in [-0.4, -0.2) is 32.8 Å². The van der Waals surface area contributed by atoms with E-state index in [1.807, 2.05) is 26.0 Å². The highest BCUT2D eigenvalue weighted by molar-refractivity contribution is 5.97. The third-order valence-corrected chi connectivity index (χ3v) is 4.47. The van der Waals surface area contributed by atoms with Gasteiger partial charge in [0.25, 0.3) is 5.91 Å². The van der Waals surface area contributed by atoms with Gasteiger partial charge in [-0.1, -0.05) is 0 Å². The van der Waals surface area contributed by atoms with Crippen molar-refractivity contribution in [3.63, 3.8) is 0 Å². The van der Waals surface area contributed by atoms with Crippen molar-refractivity contribution in [1.82, 2.24) is 5.32 Å². The SMILES string of the molecule is CCOc1cc2c(cc1CNC(=O)c1ccc(OC)cc1OC)O[C@H](C)C2. The summed E-state index contributed by atoms with van der Waals surface area (Å²) in [6, 6.07) is 9.07. The third-order valence-electron chi connectivity index (χ3n) is 4.47. The first-order chi connectivity index (χ1) is 13.0. The number of methoxy groups -OCH3 is 2. The summed E-state index contributed by atoms with van der Waals surface area (Å²) in [6.07, 6.45) is 1.02. The predicted molar refractivity (Wildman–Crippen MR) is 102 cm³/mol. The molecule has 6 nitrogen and oxygen atoms in total. The fourth-order valence-corrected chi connectivity index (χ4v) is 3.17. The van der Waals surface area contributed by atoms with E-state index in [1.54, 1.807) is 25.3 Å². The molecular formula is C21H25NO5. The minimum absolute atomic E-state index is 0.155. The number of carbonyl (C=O) groups is 1. The molecule has 3 rings (SSSR count). The van der Waals surface area contributed by atoms with Gasteiger partial charge in [-0.25, -0.2) is 0 Å². The van der Waals surface area contributed by atoms with Crippen LogP contribution in [0.5, 0.6) is 23.0 Å². The van der Waals surface area contributed by atoms with Crippen molar-refractivity contribution in [3.8, 4) is 23.0 Å². The van der Waals surface area contributed by atoms with Gasteiger partial charge in [0, 0.05) is 30.2 Å². The maximum atomic E-state index is 12.6. The molecule has 6 heteroatoms. The molecule has 0 saturated heterocycles. The Balaban J connectivity index is 1.78. The summed E-state index contributed by atoms with van der Waals surface area (Å²) in [4.78, 5) is 12.6. The molecule has 2 aromatic rings. The molecule has 2 aromatic carbocycles. The van der Waals surface area contributed by atoms with E-state index in [0.29, 0.717) is 30.2 Å². The number of ether oxygens (including phenoxy) is 4. The second-order valence-electron chi connectivity index (χ2n) is 6.38. The van der Waals surface area contributed by atoms with Crippen LogP contribution in [0.4, 0.5) is 0 Å². The highest BCUT2D eigenvalue weighted by Crippen LogP contribution is 2.35. The largest absolute Gasteiger partial charge is 0.497 e. The van der Waals surface area contributed by atoms with Crippen molar-refractivity contribution in [2.75, 3.05) is 20.8 Å². The van der Waals surface area contributed by atoms with E-state index in [-0.39, 0.29) is 12.0 Å². The van der Waals surface area contributed by atoms with Crippen molar-refractivity contribution < 1.29 is 23.7 Å². The fourth-order valence-electron chi connectivity index (χ4n) is 3.17. The Labute approximate surface area is 159 Å². The van der Waals surface area contributed by atoms with Crippen molar-refractivity contribution in [1.29, 1.82) is 0 Å². The predicted octanol–water partition coefficient (Wildman–Crippen LogP) is 3.36. The molecule has 0 aromatic heterocycles. The molecule has 0 radical (unpaired) electrons. The lowest BCUT2D eigenvalue weighted by molar-refractivity contribution is 0.0947. The van der Waals surface area contributed by atoms with Gasteiger partial charge in [0.2, 0.25) is 0 Å². The first-order valence-electron chi connectivity index (χ1n) is 9.01. The molecule has 27 heavy (non-hydrogen) atoms. The van der Waals surface area contributed by atoms with E-state index in [4.69, 9.17) is 18.9 Å². The molecule has 144 valence electrons. The standard InChI is InChI=1S/C21H25NO5/c1-5-26-18-9-14-8-13(2)27-19(14)10-15(18)12-22-21(23)17-7-6-16(24-3)11-20(17)25-4/h6-7,9-11,13H,5,8,12H2,1-4H3,(H,22,23)/t13-/m1/s1. The van der Waals surface area contributed by atoms with Crippen LogP contribution in [0.25, 0.3) is 0 Å². The Morgan fingerprint density at radius 3 is 2.70 bits per heavy atom. The minimum Gasteiger partial charge on any atom is -0.497 e.